The summed E-state index contributed by atoms with van der Waals surface area (Å²) in [5.74, 6) is 3.22. The van der Waals surface area contributed by atoms with Crippen LogP contribution in [0, 0.1) is 0 Å². The van der Waals surface area contributed by atoms with Crippen molar-refractivity contribution in [3.05, 3.63) is 77.7 Å². The van der Waals surface area contributed by atoms with Gasteiger partial charge >= 0.3 is 0 Å². The van der Waals surface area contributed by atoms with Gasteiger partial charge in [0.15, 0.2) is 11.0 Å². The van der Waals surface area contributed by atoms with Crippen molar-refractivity contribution in [3.63, 3.8) is 0 Å². The third-order valence-electron chi connectivity index (χ3n) is 4.92. The molecular weight excluding hydrogens is 422 g/mol. The normalized spacial score (nSPS) is 12.3. The Bertz CT molecular complexity index is 1140. The lowest BCUT2D eigenvalue weighted by Gasteiger charge is -2.13. The van der Waals surface area contributed by atoms with Crippen LogP contribution in [0.15, 0.2) is 64.3 Å². The van der Waals surface area contributed by atoms with E-state index in [1.807, 2.05) is 70.2 Å². The Balaban J connectivity index is 1.66. The molecule has 166 valence electrons. The lowest BCUT2D eigenvalue weighted by molar-refractivity contribution is 0.340. The fourth-order valence-electron chi connectivity index (χ4n) is 3.24. The van der Waals surface area contributed by atoms with Crippen LogP contribution in [0.2, 0.25) is 0 Å². The van der Waals surface area contributed by atoms with Crippen LogP contribution in [0.1, 0.15) is 62.0 Å². The summed E-state index contributed by atoms with van der Waals surface area (Å²) in [6, 6.07) is 18.3. The van der Waals surface area contributed by atoms with Crippen molar-refractivity contribution in [1.29, 1.82) is 0 Å². The van der Waals surface area contributed by atoms with Gasteiger partial charge in [0.25, 0.3) is 0 Å². The molecule has 0 fully saturated rings. The van der Waals surface area contributed by atoms with Crippen LogP contribution in [-0.2, 0) is 6.42 Å². The first-order chi connectivity index (χ1) is 15.5. The molecule has 0 unspecified atom stereocenters. The molecule has 0 aliphatic carbocycles. The van der Waals surface area contributed by atoms with Gasteiger partial charge in [0.2, 0.25) is 5.89 Å². The van der Waals surface area contributed by atoms with Crippen molar-refractivity contribution in [2.45, 2.75) is 50.4 Å². The number of hydrogen-bond acceptors (Lipinski definition) is 7. The van der Waals surface area contributed by atoms with Gasteiger partial charge in [0.05, 0.1) is 11.9 Å². The molecule has 0 saturated carbocycles. The molecule has 2 heterocycles. The van der Waals surface area contributed by atoms with Gasteiger partial charge in [-0.25, -0.2) is 0 Å². The molecule has 8 heteroatoms. The van der Waals surface area contributed by atoms with Crippen molar-refractivity contribution in [2.75, 3.05) is 6.61 Å². The fourth-order valence-corrected chi connectivity index (χ4v) is 4.16. The third kappa shape index (κ3) is 5.02. The smallest absolute Gasteiger partial charge is 0.239 e. The second-order valence-corrected chi connectivity index (χ2v) is 9.04. The minimum atomic E-state index is -0.0646. The van der Waals surface area contributed by atoms with Crippen molar-refractivity contribution < 1.29 is 9.26 Å². The molecule has 4 aromatic rings. The lowest BCUT2D eigenvalue weighted by Crippen LogP contribution is -2.05. The zero-order valence-electron chi connectivity index (χ0n) is 18.7. The molecule has 0 amide bonds. The number of benzene rings is 2. The van der Waals surface area contributed by atoms with Crippen LogP contribution in [-0.4, -0.2) is 31.5 Å². The first-order valence-electron chi connectivity index (χ1n) is 10.8. The molecule has 0 aliphatic heterocycles. The quantitative estimate of drug-likeness (QED) is 0.307. The topological polar surface area (TPSA) is 78.9 Å². The fraction of sp³-hybridized carbons (Fsp3) is 0.333. The van der Waals surface area contributed by atoms with Crippen LogP contribution in [0.4, 0.5) is 0 Å². The van der Waals surface area contributed by atoms with Gasteiger partial charge in [-0.1, -0.05) is 61.1 Å². The number of thioether (sulfide) groups is 1. The molecule has 32 heavy (non-hydrogen) atoms. The van der Waals surface area contributed by atoms with Gasteiger partial charge in [-0.05, 0) is 43.7 Å². The van der Waals surface area contributed by atoms with Crippen LogP contribution in [0.3, 0.4) is 0 Å². The second-order valence-electron chi connectivity index (χ2n) is 7.73. The van der Waals surface area contributed by atoms with E-state index < -0.39 is 0 Å². The second kappa shape index (κ2) is 9.99. The Kier molecular flexibility index (Phi) is 6.90. The van der Waals surface area contributed by atoms with E-state index in [2.05, 4.69) is 37.0 Å². The average Bonchev–Trinajstić information content (AvgIpc) is 3.44. The van der Waals surface area contributed by atoms with Crippen molar-refractivity contribution >= 4 is 11.8 Å². The highest BCUT2D eigenvalue weighted by Gasteiger charge is 2.22. The summed E-state index contributed by atoms with van der Waals surface area (Å²) in [6.45, 7) is 8.74. The zero-order chi connectivity index (χ0) is 22.5. The summed E-state index contributed by atoms with van der Waals surface area (Å²) in [5, 5.41) is 13.8. The number of rotatable bonds is 9. The lowest BCUT2D eigenvalue weighted by atomic mass is 10.1. The monoisotopic (exact) mass is 449 g/mol. The van der Waals surface area contributed by atoms with E-state index in [-0.39, 0.29) is 11.2 Å². The Hall–Kier alpha value is -3.13. The highest BCUT2D eigenvalue weighted by Crippen LogP contribution is 2.35. The largest absolute Gasteiger partial charge is 0.494 e. The van der Waals surface area contributed by atoms with E-state index >= 15 is 0 Å². The van der Waals surface area contributed by atoms with Crippen LogP contribution in [0.25, 0.3) is 5.69 Å². The number of hydrogen-bond donors (Lipinski definition) is 0. The van der Waals surface area contributed by atoms with Crippen molar-refractivity contribution in [2.24, 2.45) is 0 Å². The maximum Gasteiger partial charge on any atom is 0.239 e. The molecule has 0 aliphatic rings. The van der Waals surface area contributed by atoms with Crippen LogP contribution < -0.4 is 4.74 Å². The minimum Gasteiger partial charge on any atom is -0.494 e. The maximum atomic E-state index is 5.60. The molecule has 0 N–H and O–H groups in total. The number of nitrogens with zero attached hydrogens (tertiary/aromatic N) is 5. The van der Waals surface area contributed by atoms with E-state index in [0.29, 0.717) is 24.7 Å². The first kappa shape index (κ1) is 22.1. The summed E-state index contributed by atoms with van der Waals surface area (Å²) >= 11 is 1.55. The van der Waals surface area contributed by atoms with Gasteiger partial charge in [-0.3, -0.25) is 4.57 Å². The van der Waals surface area contributed by atoms with Gasteiger partial charge in [-0.2, -0.15) is 4.98 Å². The molecule has 7 nitrogen and oxygen atoms in total. The standard InChI is InChI=1S/C24H27N5O2S/c1-5-30-20-13-11-19(12-14-20)29-21(15-18-9-7-6-8-10-18)26-27-24(29)32-17(4)23-25-22(16(2)3)28-31-23/h6-14,16-17H,5,15H2,1-4H3/t17-/m1/s1. The summed E-state index contributed by atoms with van der Waals surface area (Å²) in [7, 11) is 0. The van der Waals surface area contributed by atoms with Gasteiger partial charge in [-0.15, -0.1) is 10.2 Å². The zero-order valence-corrected chi connectivity index (χ0v) is 19.5. The molecule has 0 saturated heterocycles. The van der Waals surface area contributed by atoms with E-state index in [4.69, 9.17) is 9.26 Å². The van der Waals surface area contributed by atoms with Crippen molar-refractivity contribution in [3.8, 4) is 11.4 Å². The Morgan fingerprint density at radius 1 is 1.00 bits per heavy atom. The van der Waals surface area contributed by atoms with Crippen molar-refractivity contribution in [1.82, 2.24) is 24.9 Å². The van der Waals surface area contributed by atoms with E-state index in [1.54, 1.807) is 11.8 Å². The Labute approximate surface area is 192 Å². The average molecular weight is 450 g/mol. The van der Waals surface area contributed by atoms with E-state index in [0.717, 1.165) is 22.4 Å². The Morgan fingerprint density at radius 3 is 2.41 bits per heavy atom. The summed E-state index contributed by atoms with van der Waals surface area (Å²) in [4.78, 5) is 4.54. The maximum absolute atomic E-state index is 5.60. The van der Waals surface area contributed by atoms with Gasteiger partial charge in [0.1, 0.15) is 11.6 Å². The predicted octanol–water partition coefficient (Wildman–Crippen LogP) is 5.62. The highest BCUT2D eigenvalue weighted by atomic mass is 32.2. The summed E-state index contributed by atoms with van der Waals surface area (Å²) in [5.41, 5.74) is 2.16. The van der Waals surface area contributed by atoms with E-state index in [1.165, 1.54) is 5.56 Å². The molecule has 1 atom stereocenters. The first-order valence-corrected chi connectivity index (χ1v) is 11.6. The minimum absolute atomic E-state index is 0.0646. The Morgan fingerprint density at radius 2 is 1.75 bits per heavy atom. The molecule has 0 radical (unpaired) electrons. The molecule has 0 bridgehead atoms. The highest BCUT2D eigenvalue weighted by molar-refractivity contribution is 7.99. The number of aromatic nitrogens is 5. The summed E-state index contributed by atoms with van der Waals surface area (Å²) < 4.78 is 13.2. The SMILES string of the molecule is CCOc1ccc(-n2c(Cc3ccccc3)nnc2S[C@H](C)c2nc(C(C)C)no2)cc1. The van der Waals surface area contributed by atoms with Crippen LogP contribution in [0.5, 0.6) is 5.75 Å². The van der Waals surface area contributed by atoms with E-state index in [9.17, 15) is 0 Å². The molecule has 2 aromatic carbocycles. The third-order valence-corrected chi connectivity index (χ3v) is 5.95. The molecule has 4 rings (SSSR count). The summed E-state index contributed by atoms with van der Waals surface area (Å²) in [6.07, 6.45) is 0.675. The van der Waals surface area contributed by atoms with Gasteiger partial charge < -0.3 is 9.26 Å². The molecular formula is C24H27N5O2S. The van der Waals surface area contributed by atoms with Gasteiger partial charge in [0, 0.05) is 18.0 Å². The predicted molar refractivity (Wildman–Crippen MR) is 124 cm³/mol. The molecule has 0 spiro atoms. The number of ether oxygens (including phenoxy) is 1. The van der Waals surface area contributed by atoms with Crippen LogP contribution >= 0.6 is 11.8 Å². The molecule has 2 aromatic heterocycles.